The highest BCUT2D eigenvalue weighted by Gasteiger charge is 2.17. The van der Waals surface area contributed by atoms with Gasteiger partial charge in [-0.25, -0.2) is 0 Å². The van der Waals surface area contributed by atoms with E-state index in [4.69, 9.17) is 12.2 Å². The summed E-state index contributed by atoms with van der Waals surface area (Å²) in [6.45, 7) is 7.04. The molecule has 0 fully saturated rings. The Kier molecular flexibility index (Phi) is 6.66. The van der Waals surface area contributed by atoms with Crippen molar-refractivity contribution in [3.63, 3.8) is 0 Å². The van der Waals surface area contributed by atoms with Crippen LogP contribution in [0.4, 0.5) is 0 Å². The Balaban J connectivity index is 4.08. The van der Waals surface area contributed by atoms with E-state index >= 15 is 0 Å². The minimum Gasteiger partial charge on any atom is -0.329 e. The van der Waals surface area contributed by atoms with Crippen molar-refractivity contribution in [2.75, 3.05) is 6.54 Å². The molecule has 0 aliphatic heterocycles. The predicted molar refractivity (Wildman–Crippen MR) is 58.3 cm³/mol. The van der Waals surface area contributed by atoms with Gasteiger partial charge in [-0.2, -0.15) is 0 Å². The third-order valence-electron chi connectivity index (χ3n) is 2.59. The van der Waals surface area contributed by atoms with Crippen molar-refractivity contribution in [3.05, 3.63) is 0 Å². The second-order valence-corrected chi connectivity index (χ2v) is 3.47. The summed E-state index contributed by atoms with van der Waals surface area (Å²) < 4.78 is 0. The van der Waals surface area contributed by atoms with E-state index in [1.165, 1.54) is 0 Å². The largest absolute Gasteiger partial charge is 0.329 e. The molecule has 0 heterocycles. The van der Waals surface area contributed by atoms with Gasteiger partial charge in [-0.05, 0) is 12.8 Å². The van der Waals surface area contributed by atoms with Gasteiger partial charge in [0.1, 0.15) is 0 Å². The molecule has 0 aliphatic rings. The molecule has 2 atom stereocenters. The van der Waals surface area contributed by atoms with Crippen LogP contribution in [0.2, 0.25) is 0 Å². The zero-order chi connectivity index (χ0) is 10.3. The summed E-state index contributed by atoms with van der Waals surface area (Å²) in [6, 6.07) is 0.482. The Morgan fingerprint density at radius 3 is 2.23 bits per heavy atom. The summed E-state index contributed by atoms with van der Waals surface area (Å²) in [4.78, 5) is 0. The Morgan fingerprint density at radius 2 is 1.92 bits per heavy atom. The lowest BCUT2D eigenvalue weighted by Crippen LogP contribution is -2.45. The number of hydrogen-bond donors (Lipinski definition) is 2. The number of hydrogen-bond acceptors (Lipinski definition) is 2. The maximum atomic E-state index is 5.70. The van der Waals surface area contributed by atoms with E-state index in [1.807, 2.05) is 6.92 Å². The van der Waals surface area contributed by atoms with Crippen molar-refractivity contribution in [2.24, 2.45) is 11.7 Å². The summed E-state index contributed by atoms with van der Waals surface area (Å²) in [5.41, 5.74) is 5.70. The van der Waals surface area contributed by atoms with Crippen molar-refractivity contribution in [3.8, 4) is 12.3 Å². The molecule has 0 saturated carbocycles. The number of terminal acetylenes is 1. The van der Waals surface area contributed by atoms with Crippen LogP contribution < -0.4 is 11.1 Å². The average Bonchev–Trinajstić information content (AvgIpc) is 2.17. The molecule has 2 unspecified atom stereocenters. The molecular weight excluding hydrogens is 160 g/mol. The Morgan fingerprint density at radius 1 is 1.38 bits per heavy atom. The zero-order valence-corrected chi connectivity index (χ0v) is 9.01. The molecule has 0 saturated heterocycles. The van der Waals surface area contributed by atoms with Crippen molar-refractivity contribution in [2.45, 2.75) is 45.7 Å². The molecule has 0 aromatic rings. The van der Waals surface area contributed by atoms with E-state index in [1.54, 1.807) is 0 Å². The van der Waals surface area contributed by atoms with Gasteiger partial charge in [0.05, 0.1) is 6.04 Å². The van der Waals surface area contributed by atoms with Gasteiger partial charge < -0.3 is 5.73 Å². The van der Waals surface area contributed by atoms with Gasteiger partial charge in [0.15, 0.2) is 0 Å². The smallest absolute Gasteiger partial charge is 0.0660 e. The third kappa shape index (κ3) is 4.31. The maximum absolute atomic E-state index is 5.70. The predicted octanol–water partition coefficient (Wildman–Crippen LogP) is 1.36. The molecule has 76 valence electrons. The van der Waals surface area contributed by atoms with Crippen molar-refractivity contribution >= 4 is 0 Å². The average molecular weight is 182 g/mol. The van der Waals surface area contributed by atoms with Crippen LogP contribution in [-0.4, -0.2) is 18.6 Å². The van der Waals surface area contributed by atoms with E-state index in [0.29, 0.717) is 18.5 Å². The Bertz CT molecular complexity index is 156. The Labute approximate surface area is 82.3 Å². The minimum atomic E-state index is 0.120. The summed E-state index contributed by atoms with van der Waals surface area (Å²) >= 11 is 0. The summed E-state index contributed by atoms with van der Waals surface area (Å²) in [6.07, 6.45) is 7.62. The van der Waals surface area contributed by atoms with E-state index in [9.17, 15) is 0 Å². The molecule has 0 spiro atoms. The van der Waals surface area contributed by atoms with Crippen molar-refractivity contribution in [1.82, 2.24) is 5.32 Å². The number of nitrogens with two attached hydrogens (primary N) is 1. The molecule has 2 nitrogen and oxygen atoms in total. The third-order valence-corrected chi connectivity index (χ3v) is 2.59. The Hall–Kier alpha value is -0.520. The molecule has 3 N–H and O–H groups in total. The van der Waals surface area contributed by atoms with Crippen molar-refractivity contribution in [1.29, 1.82) is 0 Å². The van der Waals surface area contributed by atoms with E-state index in [-0.39, 0.29) is 6.04 Å². The summed E-state index contributed by atoms with van der Waals surface area (Å²) in [5.74, 6) is 3.31. The molecule has 0 aromatic heterocycles. The van der Waals surface area contributed by atoms with Crippen LogP contribution in [-0.2, 0) is 0 Å². The van der Waals surface area contributed by atoms with Crippen LogP contribution in [0.15, 0.2) is 0 Å². The highest BCUT2D eigenvalue weighted by atomic mass is 15.0. The molecule has 0 aliphatic carbocycles. The van der Waals surface area contributed by atoms with Crippen LogP contribution in [0.1, 0.15) is 33.6 Å². The monoisotopic (exact) mass is 182 g/mol. The lowest BCUT2D eigenvalue weighted by molar-refractivity contribution is 0.331. The van der Waals surface area contributed by atoms with Gasteiger partial charge in [0, 0.05) is 12.6 Å². The standard InChI is InChI=1S/C11H22N2/c1-5-9(4)13-11(8-12)10(6-2)7-3/h1,9-11,13H,6-8,12H2,2-4H3. The second kappa shape index (κ2) is 6.94. The summed E-state index contributed by atoms with van der Waals surface area (Å²) in [5, 5.41) is 3.36. The number of rotatable bonds is 6. The first kappa shape index (κ1) is 12.5. The zero-order valence-electron chi connectivity index (χ0n) is 9.01. The number of nitrogens with one attached hydrogen (secondary N) is 1. The van der Waals surface area contributed by atoms with Gasteiger partial charge in [0.2, 0.25) is 0 Å². The van der Waals surface area contributed by atoms with E-state index in [0.717, 1.165) is 12.8 Å². The molecule has 2 heteroatoms. The fraction of sp³-hybridized carbons (Fsp3) is 0.818. The normalized spacial score (nSPS) is 15.4. The highest BCUT2D eigenvalue weighted by Crippen LogP contribution is 2.12. The molecule has 0 aromatic carbocycles. The van der Waals surface area contributed by atoms with E-state index < -0.39 is 0 Å². The van der Waals surface area contributed by atoms with Crippen LogP contribution in [0, 0.1) is 18.3 Å². The van der Waals surface area contributed by atoms with Gasteiger partial charge in [0.25, 0.3) is 0 Å². The molecule has 0 amide bonds. The molecule has 0 rings (SSSR count). The topological polar surface area (TPSA) is 38.0 Å². The lowest BCUT2D eigenvalue weighted by atomic mass is 9.93. The first-order chi connectivity index (χ1) is 6.19. The quantitative estimate of drug-likeness (QED) is 0.609. The van der Waals surface area contributed by atoms with Gasteiger partial charge >= 0.3 is 0 Å². The van der Waals surface area contributed by atoms with Gasteiger partial charge in [-0.15, -0.1) is 6.42 Å². The van der Waals surface area contributed by atoms with Crippen molar-refractivity contribution < 1.29 is 0 Å². The fourth-order valence-corrected chi connectivity index (χ4v) is 1.62. The van der Waals surface area contributed by atoms with Gasteiger partial charge in [-0.3, -0.25) is 5.32 Å². The summed E-state index contributed by atoms with van der Waals surface area (Å²) in [7, 11) is 0. The molecule has 0 bridgehead atoms. The van der Waals surface area contributed by atoms with Crippen LogP contribution in [0.3, 0.4) is 0 Å². The fourth-order valence-electron chi connectivity index (χ4n) is 1.62. The lowest BCUT2D eigenvalue weighted by Gasteiger charge is -2.26. The maximum Gasteiger partial charge on any atom is 0.0660 e. The first-order valence-electron chi connectivity index (χ1n) is 5.11. The van der Waals surface area contributed by atoms with Gasteiger partial charge in [-0.1, -0.05) is 32.6 Å². The molecule has 13 heavy (non-hydrogen) atoms. The molecule has 0 radical (unpaired) electrons. The SMILES string of the molecule is C#CC(C)NC(CN)C(CC)CC. The van der Waals surface area contributed by atoms with E-state index in [2.05, 4.69) is 25.1 Å². The molecular formula is C11H22N2. The highest BCUT2D eigenvalue weighted by molar-refractivity contribution is 4.97. The first-order valence-corrected chi connectivity index (χ1v) is 5.11. The minimum absolute atomic E-state index is 0.120. The van der Waals surface area contributed by atoms with Crippen LogP contribution >= 0.6 is 0 Å². The van der Waals surface area contributed by atoms with Crippen LogP contribution in [0.25, 0.3) is 0 Å². The second-order valence-electron chi connectivity index (χ2n) is 3.47. The van der Waals surface area contributed by atoms with Crippen LogP contribution in [0.5, 0.6) is 0 Å².